The number of benzene rings is 1. The van der Waals surface area contributed by atoms with E-state index in [9.17, 15) is 0 Å². The van der Waals surface area contributed by atoms with E-state index in [0.29, 0.717) is 0 Å². The number of para-hydroxylation sites is 1. The first-order valence-corrected chi connectivity index (χ1v) is 6.64. The number of thiazole rings is 2. The largest absolute Gasteiger partial charge is 0.356 e. The van der Waals surface area contributed by atoms with Crippen LogP contribution in [0.3, 0.4) is 0 Å². The molecule has 0 bridgehead atoms. The Bertz CT molecular complexity index is 553. The highest BCUT2D eigenvalue weighted by Crippen LogP contribution is 2.25. The Kier molecular flexibility index (Phi) is 2.55. The summed E-state index contributed by atoms with van der Waals surface area (Å²) < 4.78 is 1.21. The molecule has 80 valence electrons. The molecular formula is C11H9N3S2. The van der Waals surface area contributed by atoms with Gasteiger partial charge in [0.05, 0.1) is 28.0 Å². The van der Waals surface area contributed by atoms with Crippen molar-refractivity contribution in [1.82, 2.24) is 9.97 Å². The van der Waals surface area contributed by atoms with Gasteiger partial charge in [-0.15, -0.1) is 11.3 Å². The summed E-state index contributed by atoms with van der Waals surface area (Å²) in [7, 11) is 0. The third-order valence-electron chi connectivity index (χ3n) is 2.20. The summed E-state index contributed by atoms with van der Waals surface area (Å²) in [6.45, 7) is 0.739. The van der Waals surface area contributed by atoms with Crippen LogP contribution in [0.2, 0.25) is 0 Å². The van der Waals surface area contributed by atoms with E-state index in [2.05, 4.69) is 21.4 Å². The minimum Gasteiger partial charge on any atom is -0.356 e. The van der Waals surface area contributed by atoms with Gasteiger partial charge in [0.1, 0.15) is 0 Å². The van der Waals surface area contributed by atoms with Crippen molar-refractivity contribution >= 4 is 38.0 Å². The second kappa shape index (κ2) is 4.19. The zero-order valence-electron chi connectivity index (χ0n) is 8.38. The van der Waals surface area contributed by atoms with Crippen molar-refractivity contribution in [3.05, 3.63) is 40.8 Å². The van der Waals surface area contributed by atoms with Crippen LogP contribution in [-0.4, -0.2) is 9.97 Å². The fourth-order valence-electron chi connectivity index (χ4n) is 1.44. The van der Waals surface area contributed by atoms with E-state index in [1.165, 1.54) is 4.70 Å². The van der Waals surface area contributed by atoms with Crippen LogP contribution in [0, 0.1) is 0 Å². The number of nitrogens with zero attached hydrogens (tertiary/aromatic N) is 2. The van der Waals surface area contributed by atoms with Crippen molar-refractivity contribution in [2.45, 2.75) is 6.54 Å². The van der Waals surface area contributed by atoms with Crippen molar-refractivity contribution in [1.29, 1.82) is 0 Å². The molecular weight excluding hydrogens is 238 g/mol. The van der Waals surface area contributed by atoms with Crippen LogP contribution < -0.4 is 5.32 Å². The summed E-state index contributed by atoms with van der Waals surface area (Å²) in [5, 5.41) is 6.28. The van der Waals surface area contributed by atoms with Crippen LogP contribution in [0.4, 0.5) is 5.13 Å². The smallest absolute Gasteiger partial charge is 0.184 e. The molecule has 0 aliphatic heterocycles. The van der Waals surface area contributed by atoms with E-state index in [1.807, 2.05) is 29.1 Å². The molecule has 0 aliphatic carbocycles. The number of fused-ring (bicyclic) bond motifs is 1. The van der Waals surface area contributed by atoms with E-state index in [1.54, 1.807) is 22.7 Å². The first kappa shape index (κ1) is 9.74. The lowest BCUT2D eigenvalue weighted by molar-refractivity contribution is 1.07. The molecule has 2 aromatic heterocycles. The van der Waals surface area contributed by atoms with Crippen LogP contribution in [0.25, 0.3) is 10.2 Å². The molecule has 1 N–H and O–H groups in total. The van der Waals surface area contributed by atoms with Crippen molar-refractivity contribution in [3.63, 3.8) is 0 Å². The summed E-state index contributed by atoms with van der Waals surface area (Å²) in [5.41, 5.74) is 3.95. The molecule has 0 aliphatic rings. The summed E-state index contributed by atoms with van der Waals surface area (Å²) in [5.74, 6) is 0. The fourth-order valence-corrected chi connectivity index (χ4v) is 2.86. The highest BCUT2D eigenvalue weighted by atomic mass is 32.1. The topological polar surface area (TPSA) is 37.8 Å². The molecule has 2 heterocycles. The molecule has 0 atom stereocenters. The predicted octanol–water partition coefficient (Wildman–Crippen LogP) is 3.36. The van der Waals surface area contributed by atoms with E-state index in [-0.39, 0.29) is 0 Å². The van der Waals surface area contributed by atoms with Gasteiger partial charge < -0.3 is 5.32 Å². The average Bonchev–Trinajstić information content (AvgIpc) is 2.95. The summed E-state index contributed by atoms with van der Waals surface area (Å²) in [6, 6.07) is 8.15. The van der Waals surface area contributed by atoms with Crippen molar-refractivity contribution in [2.75, 3.05) is 5.32 Å². The lowest BCUT2D eigenvalue weighted by atomic mass is 10.3. The van der Waals surface area contributed by atoms with Gasteiger partial charge in [0.25, 0.3) is 0 Å². The number of aromatic nitrogens is 2. The Balaban J connectivity index is 1.79. The molecule has 0 unspecified atom stereocenters. The maximum absolute atomic E-state index is 4.50. The molecule has 3 aromatic rings. The van der Waals surface area contributed by atoms with Crippen LogP contribution in [0.1, 0.15) is 5.69 Å². The molecule has 16 heavy (non-hydrogen) atoms. The minimum absolute atomic E-state index is 0.739. The number of hydrogen-bond donors (Lipinski definition) is 1. The lowest BCUT2D eigenvalue weighted by Gasteiger charge is -1.97. The molecule has 0 radical (unpaired) electrons. The average molecular weight is 247 g/mol. The molecule has 0 amide bonds. The molecule has 0 fully saturated rings. The van der Waals surface area contributed by atoms with E-state index < -0.39 is 0 Å². The Morgan fingerprint density at radius 2 is 2.19 bits per heavy atom. The minimum atomic E-state index is 0.739. The maximum atomic E-state index is 4.50. The van der Waals surface area contributed by atoms with Crippen LogP contribution in [0.15, 0.2) is 35.2 Å². The molecule has 5 heteroatoms. The lowest BCUT2D eigenvalue weighted by Crippen LogP contribution is -1.98. The van der Waals surface area contributed by atoms with E-state index in [0.717, 1.165) is 22.9 Å². The maximum Gasteiger partial charge on any atom is 0.184 e. The molecule has 0 spiro atoms. The number of rotatable bonds is 3. The highest BCUT2D eigenvalue weighted by Gasteiger charge is 2.02. The normalized spacial score (nSPS) is 10.8. The highest BCUT2D eigenvalue weighted by molar-refractivity contribution is 7.22. The van der Waals surface area contributed by atoms with Gasteiger partial charge in [-0.25, -0.2) is 9.97 Å². The first-order valence-electron chi connectivity index (χ1n) is 4.88. The third-order valence-corrected chi connectivity index (χ3v) is 3.83. The fraction of sp³-hybridized carbons (Fsp3) is 0.0909. The summed E-state index contributed by atoms with van der Waals surface area (Å²) in [4.78, 5) is 8.71. The van der Waals surface area contributed by atoms with Gasteiger partial charge >= 0.3 is 0 Å². The first-order chi connectivity index (χ1) is 7.92. The van der Waals surface area contributed by atoms with Gasteiger partial charge in [0, 0.05) is 5.38 Å². The molecule has 0 saturated carbocycles. The van der Waals surface area contributed by atoms with Gasteiger partial charge in [-0.3, -0.25) is 0 Å². The van der Waals surface area contributed by atoms with Gasteiger partial charge in [0.15, 0.2) is 5.13 Å². The van der Waals surface area contributed by atoms with Gasteiger partial charge in [-0.1, -0.05) is 23.5 Å². The van der Waals surface area contributed by atoms with Gasteiger partial charge in [0.2, 0.25) is 0 Å². The summed E-state index contributed by atoms with van der Waals surface area (Å²) >= 11 is 3.28. The number of hydrogen-bond acceptors (Lipinski definition) is 5. The standard InChI is InChI=1S/C11H9N3S2/c1-2-4-10-9(3-1)14-11(16-10)12-5-8-6-15-7-13-8/h1-4,6-7H,5H2,(H,12,14). The quantitative estimate of drug-likeness (QED) is 0.771. The second-order valence-electron chi connectivity index (χ2n) is 3.32. The zero-order chi connectivity index (χ0) is 10.8. The molecule has 0 saturated heterocycles. The predicted molar refractivity (Wildman–Crippen MR) is 69.1 cm³/mol. The van der Waals surface area contributed by atoms with Gasteiger partial charge in [-0.2, -0.15) is 0 Å². The Labute approximate surface area is 101 Å². The van der Waals surface area contributed by atoms with Crippen molar-refractivity contribution < 1.29 is 0 Å². The van der Waals surface area contributed by atoms with Crippen LogP contribution >= 0.6 is 22.7 Å². The number of nitrogens with one attached hydrogen (secondary N) is 1. The zero-order valence-corrected chi connectivity index (χ0v) is 10.0. The third kappa shape index (κ3) is 1.91. The number of anilines is 1. The van der Waals surface area contributed by atoms with E-state index in [4.69, 9.17) is 0 Å². The van der Waals surface area contributed by atoms with Crippen molar-refractivity contribution in [2.24, 2.45) is 0 Å². The molecule has 1 aromatic carbocycles. The molecule has 3 rings (SSSR count). The van der Waals surface area contributed by atoms with Crippen LogP contribution in [0.5, 0.6) is 0 Å². The second-order valence-corrected chi connectivity index (χ2v) is 5.07. The van der Waals surface area contributed by atoms with Gasteiger partial charge in [-0.05, 0) is 12.1 Å². The molecule has 3 nitrogen and oxygen atoms in total. The van der Waals surface area contributed by atoms with Crippen LogP contribution in [-0.2, 0) is 6.54 Å². The summed E-state index contributed by atoms with van der Waals surface area (Å²) in [6.07, 6.45) is 0. The SMILES string of the molecule is c1ccc2sc(NCc3cscn3)nc2c1. The van der Waals surface area contributed by atoms with Crippen molar-refractivity contribution in [3.8, 4) is 0 Å². The Morgan fingerprint density at radius 3 is 3.00 bits per heavy atom. The van der Waals surface area contributed by atoms with E-state index >= 15 is 0 Å². The monoisotopic (exact) mass is 247 g/mol. The Hall–Kier alpha value is -1.46. The Morgan fingerprint density at radius 1 is 1.25 bits per heavy atom.